The van der Waals surface area contributed by atoms with Gasteiger partial charge in [-0.25, -0.2) is 0 Å². The highest BCUT2D eigenvalue weighted by Crippen LogP contribution is 2.45. The zero-order valence-corrected chi connectivity index (χ0v) is 34.5. The molecule has 308 valence electrons. The molecule has 59 heavy (non-hydrogen) atoms. The predicted octanol–water partition coefficient (Wildman–Crippen LogP) is 7.93. The van der Waals surface area contributed by atoms with Crippen molar-refractivity contribution in [2.45, 2.75) is 62.9 Å². The second-order valence-corrected chi connectivity index (χ2v) is 14.8. The summed E-state index contributed by atoms with van der Waals surface area (Å²) in [5.74, 6) is -1.33. The van der Waals surface area contributed by atoms with Gasteiger partial charge in [-0.2, -0.15) is 0 Å². The van der Waals surface area contributed by atoms with Gasteiger partial charge in [0, 0.05) is 17.5 Å². The van der Waals surface area contributed by atoms with Crippen LogP contribution in [0.15, 0.2) is 115 Å². The number of ether oxygens (including phenoxy) is 5. The number of fused-ring (bicyclic) bond motifs is 1. The summed E-state index contributed by atoms with van der Waals surface area (Å²) in [6, 6.07) is 36.2. The second-order valence-electron chi connectivity index (χ2n) is 14.8. The van der Waals surface area contributed by atoms with E-state index in [9.17, 15) is 14.4 Å². The number of rotatable bonds is 19. The van der Waals surface area contributed by atoms with Crippen LogP contribution >= 0.6 is 0 Å². The number of hydrogen-bond donors (Lipinski definition) is 2. The van der Waals surface area contributed by atoms with Gasteiger partial charge in [-0.05, 0) is 97.0 Å². The van der Waals surface area contributed by atoms with E-state index in [0.29, 0.717) is 17.2 Å². The monoisotopic (exact) mass is 798 g/mol. The van der Waals surface area contributed by atoms with Gasteiger partial charge in [-0.15, -0.1) is 0 Å². The number of carbonyl (C=O) groups is 3. The summed E-state index contributed by atoms with van der Waals surface area (Å²) in [5.41, 5.74) is 5.18. The van der Waals surface area contributed by atoms with Crippen molar-refractivity contribution >= 4 is 17.6 Å². The first kappa shape index (κ1) is 42.3. The highest BCUT2D eigenvalue weighted by atomic mass is 16.5. The number of benzene rings is 5. The molecule has 10 heteroatoms. The third-order valence-electron chi connectivity index (χ3n) is 11.2. The number of methoxy groups -OCH3 is 5. The van der Waals surface area contributed by atoms with Crippen molar-refractivity contribution in [3.05, 3.63) is 149 Å². The van der Waals surface area contributed by atoms with E-state index < -0.39 is 29.6 Å². The first-order valence-electron chi connectivity index (χ1n) is 20.1. The highest BCUT2D eigenvalue weighted by molar-refractivity contribution is 6.43. The fraction of sp³-hybridized carbons (Fsp3) is 0.327. The van der Waals surface area contributed by atoms with E-state index in [1.165, 1.54) is 44.6 Å². The molecule has 3 atom stereocenters. The lowest BCUT2D eigenvalue weighted by Crippen LogP contribution is -2.55. The maximum atomic E-state index is 15.0. The molecule has 2 N–H and O–H groups in total. The predicted molar refractivity (Wildman–Crippen MR) is 228 cm³/mol. The van der Waals surface area contributed by atoms with E-state index in [1.807, 2.05) is 78.9 Å². The van der Waals surface area contributed by atoms with Crippen LogP contribution in [0, 0.1) is 5.92 Å². The number of amides is 2. The molecule has 0 saturated carbocycles. The topological polar surface area (TPSA) is 121 Å². The normalized spacial score (nSPS) is 15.7. The van der Waals surface area contributed by atoms with Crippen LogP contribution in [0.3, 0.4) is 0 Å². The quantitative estimate of drug-likeness (QED) is 0.0639. The molecule has 0 unspecified atom stereocenters. The minimum atomic E-state index is -0.866. The molecule has 10 nitrogen and oxygen atoms in total. The zero-order valence-electron chi connectivity index (χ0n) is 34.5. The van der Waals surface area contributed by atoms with Crippen LogP contribution in [-0.4, -0.2) is 65.2 Å². The number of ketones is 1. The molecule has 0 aromatic heterocycles. The number of aryl methyl sites for hydroxylation is 2. The first-order valence-corrected chi connectivity index (χ1v) is 20.1. The Kier molecular flexibility index (Phi) is 14.6. The number of Topliss-reactive ketones (excluding diaryl/α,β-unsaturated/α-hetero) is 1. The minimum absolute atomic E-state index is 0.0498. The van der Waals surface area contributed by atoms with Crippen LogP contribution in [-0.2, 0) is 28.9 Å². The Labute approximate surface area is 347 Å². The van der Waals surface area contributed by atoms with Crippen molar-refractivity contribution in [3.63, 3.8) is 0 Å². The summed E-state index contributed by atoms with van der Waals surface area (Å²) in [6.07, 6.45) is 5.41. The van der Waals surface area contributed by atoms with E-state index in [2.05, 4.69) is 34.9 Å². The highest BCUT2D eigenvalue weighted by Gasteiger charge is 2.44. The van der Waals surface area contributed by atoms with Crippen LogP contribution in [0.1, 0.15) is 69.8 Å². The molecule has 0 fully saturated rings. The lowest BCUT2D eigenvalue weighted by molar-refractivity contribution is -0.128. The molecular weight excluding hydrogens is 745 g/mol. The van der Waals surface area contributed by atoms with Crippen LogP contribution in [0.2, 0.25) is 0 Å². The largest absolute Gasteiger partial charge is 0.493 e. The smallest absolute Gasteiger partial charge is 0.292 e. The fourth-order valence-corrected chi connectivity index (χ4v) is 8.23. The fourth-order valence-electron chi connectivity index (χ4n) is 8.23. The van der Waals surface area contributed by atoms with E-state index in [0.717, 1.165) is 55.2 Å². The van der Waals surface area contributed by atoms with Gasteiger partial charge in [0.05, 0.1) is 47.5 Å². The average molecular weight is 799 g/mol. The third-order valence-corrected chi connectivity index (χ3v) is 11.2. The van der Waals surface area contributed by atoms with Crippen molar-refractivity contribution in [1.82, 2.24) is 10.6 Å². The molecule has 1 aliphatic rings. The molecule has 1 aliphatic carbocycles. The molecule has 2 amide bonds. The number of hydrogen-bond acceptors (Lipinski definition) is 8. The molecule has 5 aromatic rings. The van der Waals surface area contributed by atoms with E-state index in [4.69, 9.17) is 23.7 Å². The van der Waals surface area contributed by atoms with Crippen molar-refractivity contribution in [2.24, 2.45) is 5.92 Å². The Morgan fingerprint density at radius 3 is 1.64 bits per heavy atom. The van der Waals surface area contributed by atoms with Gasteiger partial charge in [0.15, 0.2) is 23.0 Å². The lowest BCUT2D eigenvalue weighted by Gasteiger charge is -2.40. The van der Waals surface area contributed by atoms with Gasteiger partial charge in [0.1, 0.15) is 0 Å². The first-order chi connectivity index (χ1) is 28.8. The second kappa shape index (κ2) is 20.4. The molecule has 0 heterocycles. The van der Waals surface area contributed by atoms with Crippen LogP contribution in [0.25, 0.3) is 0 Å². The third kappa shape index (κ3) is 10.2. The summed E-state index contributed by atoms with van der Waals surface area (Å²) >= 11 is 0. The van der Waals surface area contributed by atoms with Crippen molar-refractivity contribution in [2.75, 3.05) is 35.5 Å². The van der Waals surface area contributed by atoms with Gasteiger partial charge in [-0.3, -0.25) is 14.4 Å². The summed E-state index contributed by atoms with van der Waals surface area (Å²) in [5, 5.41) is 6.52. The SMILES string of the molecule is COc1cc2c(cc1OC)[C@H](c1ccccc1)[C@@H](NC(=O)C(=O)c1cc(OC)c(OC)c(OC)c1)[C@H](C(=O)NC(CCCc1ccccc1)CCCc1ccccc1)C2. The minimum Gasteiger partial charge on any atom is -0.493 e. The molecule has 5 aromatic carbocycles. The molecular formula is C49H54N2O8. The summed E-state index contributed by atoms with van der Waals surface area (Å²) in [4.78, 5) is 43.3. The molecule has 0 saturated heterocycles. The van der Waals surface area contributed by atoms with Crippen molar-refractivity contribution in [3.8, 4) is 28.7 Å². The molecule has 0 spiro atoms. The van der Waals surface area contributed by atoms with E-state index in [-0.39, 0.29) is 35.4 Å². The van der Waals surface area contributed by atoms with Gasteiger partial charge in [0.25, 0.3) is 5.91 Å². The maximum Gasteiger partial charge on any atom is 0.292 e. The zero-order chi connectivity index (χ0) is 41.7. The lowest BCUT2D eigenvalue weighted by atomic mass is 9.69. The van der Waals surface area contributed by atoms with Crippen molar-refractivity contribution < 1.29 is 38.1 Å². The number of carbonyl (C=O) groups excluding carboxylic acids is 3. The Bertz CT molecular complexity index is 2110. The molecule has 6 rings (SSSR count). The Morgan fingerprint density at radius 2 is 1.14 bits per heavy atom. The molecule has 0 bridgehead atoms. The summed E-state index contributed by atoms with van der Waals surface area (Å²) in [6.45, 7) is 0. The average Bonchev–Trinajstić information content (AvgIpc) is 3.28. The van der Waals surface area contributed by atoms with Crippen LogP contribution in [0.4, 0.5) is 0 Å². The van der Waals surface area contributed by atoms with E-state index in [1.54, 1.807) is 14.2 Å². The van der Waals surface area contributed by atoms with Gasteiger partial charge < -0.3 is 34.3 Å². The van der Waals surface area contributed by atoms with Crippen LogP contribution < -0.4 is 34.3 Å². The molecule has 0 radical (unpaired) electrons. The van der Waals surface area contributed by atoms with Gasteiger partial charge in [-0.1, -0.05) is 91.0 Å². The van der Waals surface area contributed by atoms with Gasteiger partial charge in [0.2, 0.25) is 17.4 Å². The standard InChI is InChI=1S/C49H54N2O8/c1-55-40-28-35-27-39(48(53)50-37(25-15-21-32-17-9-6-10-18-32)26-16-22-33-19-11-7-12-20-33)45(44(34-23-13-8-14-24-34)38(35)31-41(40)56-2)51-49(54)46(52)36-29-42(57-3)47(59-5)43(30-36)58-4/h6-14,17-20,23-24,28-31,37,39,44-45H,15-16,21-22,25-27H2,1-5H3,(H,50,53)(H,51,54)/t39-,44+,45+/m1/s1. The Balaban J connectivity index is 1.36. The van der Waals surface area contributed by atoms with E-state index >= 15 is 0 Å². The Hall–Kier alpha value is -6.29. The summed E-state index contributed by atoms with van der Waals surface area (Å²) < 4.78 is 27.9. The maximum absolute atomic E-state index is 15.0. The van der Waals surface area contributed by atoms with Crippen molar-refractivity contribution in [1.29, 1.82) is 0 Å². The van der Waals surface area contributed by atoms with Gasteiger partial charge >= 0.3 is 0 Å². The molecule has 0 aliphatic heterocycles. The Morgan fingerprint density at radius 1 is 0.627 bits per heavy atom. The summed E-state index contributed by atoms with van der Waals surface area (Å²) in [7, 11) is 7.51. The van der Waals surface area contributed by atoms with Crippen LogP contribution in [0.5, 0.6) is 28.7 Å². The number of nitrogens with one attached hydrogen (secondary N) is 2.